The van der Waals surface area contributed by atoms with Crippen molar-refractivity contribution in [2.24, 2.45) is 0 Å². The molecule has 3 aromatic rings. The molecular weight excluding hydrogens is 282 g/mol. The molecule has 6 heteroatoms. The fraction of sp³-hybridized carbons (Fsp3) is 0. The summed E-state index contributed by atoms with van der Waals surface area (Å²) in [6, 6.07) is 5.82. The highest BCUT2D eigenvalue weighted by molar-refractivity contribution is 9.10. The van der Waals surface area contributed by atoms with Crippen LogP contribution in [0.3, 0.4) is 0 Å². The topological polar surface area (TPSA) is 80.5 Å². The van der Waals surface area contributed by atoms with Crippen LogP contribution in [0.15, 0.2) is 35.1 Å². The Morgan fingerprint density at radius 1 is 1.24 bits per heavy atom. The van der Waals surface area contributed by atoms with Crippen LogP contribution in [0, 0.1) is 0 Å². The largest absolute Gasteiger partial charge is 0.368 e. The maximum absolute atomic E-state index is 5.71. The third kappa shape index (κ3) is 1.76. The van der Waals surface area contributed by atoms with E-state index in [1.165, 1.54) is 0 Å². The molecule has 0 saturated heterocycles. The Hall–Kier alpha value is -1.95. The van der Waals surface area contributed by atoms with Gasteiger partial charge in [0.05, 0.1) is 17.4 Å². The zero-order valence-corrected chi connectivity index (χ0v) is 10.3. The van der Waals surface area contributed by atoms with Gasteiger partial charge in [0.2, 0.25) is 5.95 Å². The van der Waals surface area contributed by atoms with Crippen molar-refractivity contribution in [3.63, 3.8) is 0 Å². The summed E-state index contributed by atoms with van der Waals surface area (Å²) in [6.45, 7) is 0. The van der Waals surface area contributed by atoms with Gasteiger partial charge in [-0.05, 0) is 18.2 Å². The summed E-state index contributed by atoms with van der Waals surface area (Å²) in [5, 5.41) is 7.63. The third-order valence-corrected chi connectivity index (χ3v) is 2.94. The van der Waals surface area contributed by atoms with Gasteiger partial charge < -0.3 is 5.73 Å². The summed E-state index contributed by atoms with van der Waals surface area (Å²) >= 11 is 3.41. The number of hydrogen-bond donors (Lipinski definition) is 2. The van der Waals surface area contributed by atoms with E-state index >= 15 is 0 Å². The van der Waals surface area contributed by atoms with Crippen molar-refractivity contribution in [2.45, 2.75) is 0 Å². The average Bonchev–Trinajstić information content (AvgIpc) is 2.80. The minimum Gasteiger partial charge on any atom is -0.368 e. The monoisotopic (exact) mass is 289 g/mol. The fourth-order valence-corrected chi connectivity index (χ4v) is 2.07. The molecule has 0 aliphatic heterocycles. The number of nitrogen functional groups attached to an aromatic ring is 1. The maximum Gasteiger partial charge on any atom is 0.221 e. The molecule has 0 aliphatic carbocycles. The zero-order valence-electron chi connectivity index (χ0n) is 8.68. The second-order valence-electron chi connectivity index (χ2n) is 3.58. The first-order chi connectivity index (χ1) is 8.24. The van der Waals surface area contributed by atoms with Crippen molar-refractivity contribution < 1.29 is 0 Å². The van der Waals surface area contributed by atoms with E-state index in [9.17, 15) is 0 Å². The number of aromatic nitrogens is 4. The first-order valence-electron chi connectivity index (χ1n) is 4.96. The molecule has 0 bridgehead atoms. The molecule has 2 heterocycles. The average molecular weight is 290 g/mol. The Balaban J connectivity index is 2.38. The first kappa shape index (κ1) is 10.2. The van der Waals surface area contributed by atoms with Gasteiger partial charge in [0.25, 0.3) is 0 Å². The van der Waals surface area contributed by atoms with Gasteiger partial charge in [-0.3, -0.25) is 5.10 Å². The molecule has 0 aliphatic rings. The molecule has 0 unspecified atom stereocenters. The van der Waals surface area contributed by atoms with Crippen molar-refractivity contribution in [3.8, 4) is 11.3 Å². The number of hydrogen-bond acceptors (Lipinski definition) is 4. The lowest BCUT2D eigenvalue weighted by Crippen LogP contribution is -1.97. The van der Waals surface area contributed by atoms with Gasteiger partial charge in [0, 0.05) is 21.6 Å². The van der Waals surface area contributed by atoms with E-state index in [2.05, 4.69) is 36.1 Å². The Morgan fingerprint density at radius 2 is 2.12 bits per heavy atom. The molecule has 5 nitrogen and oxygen atoms in total. The molecule has 0 amide bonds. The van der Waals surface area contributed by atoms with E-state index in [1.54, 1.807) is 12.4 Å². The molecular formula is C11H8BrN5. The van der Waals surface area contributed by atoms with Crippen molar-refractivity contribution in [1.29, 1.82) is 0 Å². The molecule has 0 atom stereocenters. The Bertz CT molecular complexity index is 672. The molecule has 3 N–H and O–H groups in total. The summed E-state index contributed by atoms with van der Waals surface area (Å²) in [4.78, 5) is 8.48. The number of aromatic amines is 1. The van der Waals surface area contributed by atoms with Crippen molar-refractivity contribution in [3.05, 3.63) is 35.1 Å². The van der Waals surface area contributed by atoms with Crippen LogP contribution in [0.5, 0.6) is 0 Å². The molecule has 0 saturated carbocycles. The van der Waals surface area contributed by atoms with Crippen LogP contribution >= 0.6 is 15.9 Å². The van der Waals surface area contributed by atoms with Crippen molar-refractivity contribution in [2.75, 3.05) is 5.73 Å². The van der Waals surface area contributed by atoms with Crippen LogP contribution in [0.2, 0.25) is 0 Å². The second-order valence-corrected chi connectivity index (χ2v) is 4.49. The molecule has 84 valence electrons. The summed E-state index contributed by atoms with van der Waals surface area (Å²) in [5.74, 6) is 0.256. The highest BCUT2D eigenvalue weighted by Crippen LogP contribution is 2.27. The number of rotatable bonds is 1. The third-order valence-electron chi connectivity index (χ3n) is 2.45. The van der Waals surface area contributed by atoms with E-state index in [-0.39, 0.29) is 5.95 Å². The van der Waals surface area contributed by atoms with E-state index in [0.717, 1.165) is 26.6 Å². The Morgan fingerprint density at radius 3 is 2.88 bits per heavy atom. The molecule has 0 spiro atoms. The van der Waals surface area contributed by atoms with E-state index in [1.807, 2.05) is 18.2 Å². The molecule has 1 aromatic carbocycles. The second kappa shape index (κ2) is 3.81. The summed E-state index contributed by atoms with van der Waals surface area (Å²) in [7, 11) is 0. The predicted molar refractivity (Wildman–Crippen MR) is 69.2 cm³/mol. The SMILES string of the molecule is Nc1nc(-c2cn[nH]c2)c2ccc(Br)cc2n1. The Labute approximate surface area is 105 Å². The number of halogens is 1. The standard InChI is InChI=1S/C11H8BrN5/c12-7-1-2-8-9(3-7)16-11(13)17-10(8)6-4-14-15-5-6/h1-5H,(H,14,15)(H2,13,16,17). The molecule has 0 radical (unpaired) electrons. The Kier molecular flexibility index (Phi) is 2.29. The smallest absolute Gasteiger partial charge is 0.221 e. The van der Waals surface area contributed by atoms with E-state index in [4.69, 9.17) is 5.73 Å². The first-order valence-corrected chi connectivity index (χ1v) is 5.75. The maximum atomic E-state index is 5.71. The number of benzene rings is 1. The highest BCUT2D eigenvalue weighted by Gasteiger charge is 2.09. The number of nitrogens with zero attached hydrogens (tertiary/aromatic N) is 3. The summed E-state index contributed by atoms with van der Waals surface area (Å²) < 4.78 is 0.959. The minimum absolute atomic E-state index is 0.256. The number of H-pyrrole nitrogens is 1. The quantitative estimate of drug-likeness (QED) is 0.721. The number of nitrogens with one attached hydrogen (secondary N) is 1. The van der Waals surface area contributed by atoms with Crippen LogP contribution in [0.4, 0.5) is 5.95 Å². The number of anilines is 1. The molecule has 0 fully saturated rings. The van der Waals surface area contributed by atoms with E-state index in [0.29, 0.717) is 0 Å². The highest BCUT2D eigenvalue weighted by atomic mass is 79.9. The van der Waals surface area contributed by atoms with Gasteiger partial charge in [0.15, 0.2) is 0 Å². The van der Waals surface area contributed by atoms with Gasteiger partial charge >= 0.3 is 0 Å². The number of nitrogens with two attached hydrogens (primary N) is 1. The zero-order chi connectivity index (χ0) is 11.8. The van der Waals surface area contributed by atoms with Crippen LogP contribution in [-0.2, 0) is 0 Å². The lowest BCUT2D eigenvalue weighted by atomic mass is 10.1. The van der Waals surface area contributed by atoms with Gasteiger partial charge in [-0.25, -0.2) is 9.97 Å². The van der Waals surface area contributed by atoms with Gasteiger partial charge in [-0.1, -0.05) is 15.9 Å². The fourth-order valence-electron chi connectivity index (χ4n) is 1.72. The summed E-state index contributed by atoms with van der Waals surface area (Å²) in [5.41, 5.74) is 8.20. The van der Waals surface area contributed by atoms with E-state index < -0.39 is 0 Å². The van der Waals surface area contributed by atoms with Crippen LogP contribution in [-0.4, -0.2) is 20.2 Å². The van der Waals surface area contributed by atoms with Crippen molar-refractivity contribution >= 4 is 32.8 Å². The predicted octanol–water partition coefficient (Wildman–Crippen LogP) is 2.36. The van der Waals surface area contributed by atoms with Gasteiger partial charge in [-0.2, -0.15) is 5.10 Å². The van der Waals surface area contributed by atoms with Gasteiger partial charge in [-0.15, -0.1) is 0 Å². The molecule has 3 rings (SSSR count). The lowest BCUT2D eigenvalue weighted by Gasteiger charge is -2.04. The number of fused-ring (bicyclic) bond motifs is 1. The van der Waals surface area contributed by atoms with Crippen LogP contribution < -0.4 is 5.73 Å². The lowest BCUT2D eigenvalue weighted by molar-refractivity contribution is 1.09. The molecule has 2 aromatic heterocycles. The minimum atomic E-state index is 0.256. The molecule has 17 heavy (non-hydrogen) atoms. The van der Waals surface area contributed by atoms with Crippen LogP contribution in [0.1, 0.15) is 0 Å². The normalized spacial score (nSPS) is 10.9. The van der Waals surface area contributed by atoms with Gasteiger partial charge in [0.1, 0.15) is 0 Å². The van der Waals surface area contributed by atoms with Crippen LogP contribution in [0.25, 0.3) is 22.2 Å². The van der Waals surface area contributed by atoms with Crippen molar-refractivity contribution in [1.82, 2.24) is 20.2 Å². The summed E-state index contributed by atoms with van der Waals surface area (Å²) in [6.07, 6.45) is 3.49.